The summed E-state index contributed by atoms with van der Waals surface area (Å²) >= 11 is 0. The summed E-state index contributed by atoms with van der Waals surface area (Å²) < 4.78 is 5.68. The van der Waals surface area contributed by atoms with E-state index in [0.717, 1.165) is 32.0 Å². The first-order chi connectivity index (χ1) is 9.08. The van der Waals surface area contributed by atoms with E-state index >= 15 is 0 Å². The van der Waals surface area contributed by atoms with Gasteiger partial charge in [-0.25, -0.2) is 0 Å². The van der Waals surface area contributed by atoms with E-state index in [1.165, 1.54) is 25.7 Å². The SMILES string of the molecule is CCNC(C)(CCCCOCC1CCCC1)C(=O)O. The third kappa shape index (κ3) is 5.91. The van der Waals surface area contributed by atoms with Crippen LogP contribution in [0.5, 0.6) is 0 Å². The van der Waals surface area contributed by atoms with Gasteiger partial charge in [0.25, 0.3) is 0 Å². The molecule has 0 aromatic carbocycles. The zero-order chi connectivity index (χ0) is 14.1. The number of nitrogens with one attached hydrogen (secondary N) is 1. The molecular formula is C15H29NO3. The largest absolute Gasteiger partial charge is 0.480 e. The van der Waals surface area contributed by atoms with Gasteiger partial charge >= 0.3 is 5.97 Å². The third-order valence-electron chi connectivity index (χ3n) is 4.08. The van der Waals surface area contributed by atoms with Crippen molar-refractivity contribution in [3.05, 3.63) is 0 Å². The number of carboxylic acid groups (broad SMARTS) is 1. The zero-order valence-corrected chi connectivity index (χ0v) is 12.4. The van der Waals surface area contributed by atoms with Gasteiger partial charge in [-0.1, -0.05) is 19.8 Å². The number of unbranched alkanes of at least 4 members (excludes halogenated alkanes) is 1. The van der Waals surface area contributed by atoms with Crippen molar-refractivity contribution in [2.24, 2.45) is 5.92 Å². The van der Waals surface area contributed by atoms with E-state index in [9.17, 15) is 9.90 Å². The monoisotopic (exact) mass is 271 g/mol. The first-order valence-electron chi connectivity index (χ1n) is 7.64. The third-order valence-corrected chi connectivity index (χ3v) is 4.08. The predicted molar refractivity (Wildman–Crippen MR) is 76.3 cm³/mol. The molecule has 0 spiro atoms. The molecule has 0 aromatic rings. The van der Waals surface area contributed by atoms with Crippen LogP contribution in [0.15, 0.2) is 0 Å². The van der Waals surface area contributed by atoms with Gasteiger partial charge in [-0.05, 0) is 51.5 Å². The van der Waals surface area contributed by atoms with Crippen molar-refractivity contribution in [1.29, 1.82) is 0 Å². The lowest BCUT2D eigenvalue weighted by Gasteiger charge is -2.25. The molecule has 0 saturated heterocycles. The minimum Gasteiger partial charge on any atom is -0.480 e. The van der Waals surface area contributed by atoms with Gasteiger partial charge in [0.05, 0.1) is 0 Å². The summed E-state index contributed by atoms with van der Waals surface area (Å²) in [6, 6.07) is 0. The number of ether oxygens (including phenoxy) is 1. The van der Waals surface area contributed by atoms with Crippen LogP contribution < -0.4 is 5.32 Å². The Balaban J connectivity index is 2.06. The molecule has 0 radical (unpaired) electrons. The Kier molecular flexibility index (Phi) is 7.39. The lowest BCUT2D eigenvalue weighted by molar-refractivity contribution is -0.144. The Bertz CT molecular complexity index is 264. The summed E-state index contributed by atoms with van der Waals surface area (Å²) in [7, 11) is 0. The Morgan fingerprint density at radius 1 is 1.37 bits per heavy atom. The van der Waals surface area contributed by atoms with Crippen LogP contribution >= 0.6 is 0 Å². The summed E-state index contributed by atoms with van der Waals surface area (Å²) in [5.74, 6) is 0.00673. The van der Waals surface area contributed by atoms with Crippen molar-refractivity contribution < 1.29 is 14.6 Å². The quantitative estimate of drug-likeness (QED) is 0.600. The topological polar surface area (TPSA) is 58.6 Å². The fourth-order valence-corrected chi connectivity index (χ4v) is 2.77. The maximum atomic E-state index is 11.2. The normalized spacial score (nSPS) is 19.5. The van der Waals surface area contributed by atoms with E-state index in [4.69, 9.17) is 4.74 Å². The molecule has 0 aromatic heterocycles. The van der Waals surface area contributed by atoms with Crippen molar-refractivity contribution >= 4 is 5.97 Å². The van der Waals surface area contributed by atoms with Crippen LogP contribution in [0.25, 0.3) is 0 Å². The Morgan fingerprint density at radius 3 is 2.63 bits per heavy atom. The molecule has 4 nitrogen and oxygen atoms in total. The first-order valence-corrected chi connectivity index (χ1v) is 7.64. The van der Waals surface area contributed by atoms with E-state index in [0.29, 0.717) is 13.0 Å². The standard InChI is InChI=1S/C15H29NO3/c1-3-16-15(2,14(17)18)10-6-7-11-19-12-13-8-4-5-9-13/h13,16H,3-12H2,1-2H3,(H,17,18). The summed E-state index contributed by atoms with van der Waals surface area (Å²) in [6.45, 7) is 6.03. The molecule has 112 valence electrons. The molecule has 1 atom stereocenters. The average molecular weight is 271 g/mol. The van der Waals surface area contributed by atoms with E-state index in [2.05, 4.69) is 5.32 Å². The van der Waals surface area contributed by atoms with Crippen molar-refractivity contribution in [1.82, 2.24) is 5.32 Å². The van der Waals surface area contributed by atoms with E-state index in [1.54, 1.807) is 6.92 Å². The number of carboxylic acids is 1. The van der Waals surface area contributed by atoms with Crippen molar-refractivity contribution in [2.45, 2.75) is 64.3 Å². The number of carbonyl (C=O) groups is 1. The van der Waals surface area contributed by atoms with Gasteiger partial charge in [-0.2, -0.15) is 0 Å². The highest BCUT2D eigenvalue weighted by atomic mass is 16.5. The minimum absolute atomic E-state index is 0.656. The first kappa shape index (κ1) is 16.4. The molecule has 1 rings (SSSR count). The molecule has 19 heavy (non-hydrogen) atoms. The summed E-state index contributed by atoms with van der Waals surface area (Å²) in [5.41, 5.74) is -0.791. The lowest BCUT2D eigenvalue weighted by atomic mass is 9.95. The Hall–Kier alpha value is -0.610. The molecule has 1 unspecified atom stereocenters. The van der Waals surface area contributed by atoms with Gasteiger partial charge in [-0.3, -0.25) is 4.79 Å². The zero-order valence-electron chi connectivity index (χ0n) is 12.4. The molecule has 0 amide bonds. The summed E-state index contributed by atoms with van der Waals surface area (Å²) in [6.07, 6.45) is 7.83. The molecule has 0 bridgehead atoms. The van der Waals surface area contributed by atoms with Gasteiger partial charge in [-0.15, -0.1) is 0 Å². The number of hydrogen-bond donors (Lipinski definition) is 2. The molecule has 1 aliphatic rings. The van der Waals surface area contributed by atoms with Gasteiger partial charge in [0.15, 0.2) is 0 Å². The van der Waals surface area contributed by atoms with Gasteiger partial charge in [0, 0.05) is 13.2 Å². The molecule has 0 aliphatic heterocycles. The highest BCUT2D eigenvalue weighted by molar-refractivity contribution is 5.78. The summed E-state index contributed by atoms with van der Waals surface area (Å²) in [5, 5.41) is 12.3. The fraction of sp³-hybridized carbons (Fsp3) is 0.933. The summed E-state index contributed by atoms with van der Waals surface area (Å²) in [4.78, 5) is 11.2. The lowest BCUT2D eigenvalue weighted by Crippen LogP contribution is -2.49. The molecule has 0 heterocycles. The predicted octanol–water partition coefficient (Wildman–Crippen LogP) is 2.82. The average Bonchev–Trinajstić information content (AvgIpc) is 2.86. The smallest absolute Gasteiger partial charge is 0.323 e. The van der Waals surface area contributed by atoms with Crippen LogP contribution in [-0.4, -0.2) is 36.4 Å². The van der Waals surface area contributed by atoms with Crippen LogP contribution in [0, 0.1) is 5.92 Å². The second-order valence-electron chi connectivity index (χ2n) is 5.85. The number of rotatable bonds is 10. The van der Waals surface area contributed by atoms with Gasteiger partial charge in [0.1, 0.15) is 5.54 Å². The highest BCUT2D eigenvalue weighted by Crippen LogP contribution is 2.24. The number of aliphatic carboxylic acids is 1. The number of hydrogen-bond acceptors (Lipinski definition) is 3. The molecule has 1 fully saturated rings. The van der Waals surface area contributed by atoms with E-state index < -0.39 is 11.5 Å². The van der Waals surface area contributed by atoms with Crippen LogP contribution in [0.4, 0.5) is 0 Å². The number of likely N-dealkylation sites (N-methyl/N-ethyl adjacent to an activating group) is 1. The molecule has 2 N–H and O–H groups in total. The van der Waals surface area contributed by atoms with Crippen LogP contribution in [0.2, 0.25) is 0 Å². The molecule has 1 saturated carbocycles. The minimum atomic E-state index is -0.791. The Morgan fingerprint density at radius 2 is 2.05 bits per heavy atom. The Labute approximate surface area is 116 Å². The van der Waals surface area contributed by atoms with Crippen LogP contribution in [0.1, 0.15) is 58.8 Å². The molecular weight excluding hydrogens is 242 g/mol. The molecule has 1 aliphatic carbocycles. The van der Waals surface area contributed by atoms with Crippen molar-refractivity contribution in [2.75, 3.05) is 19.8 Å². The second kappa shape index (κ2) is 8.54. The maximum absolute atomic E-state index is 11.2. The van der Waals surface area contributed by atoms with E-state index in [-0.39, 0.29) is 0 Å². The van der Waals surface area contributed by atoms with Crippen LogP contribution in [0.3, 0.4) is 0 Å². The van der Waals surface area contributed by atoms with Crippen molar-refractivity contribution in [3.63, 3.8) is 0 Å². The van der Waals surface area contributed by atoms with Gasteiger partial charge in [0.2, 0.25) is 0 Å². The van der Waals surface area contributed by atoms with Gasteiger partial charge < -0.3 is 15.2 Å². The maximum Gasteiger partial charge on any atom is 0.323 e. The van der Waals surface area contributed by atoms with E-state index in [1.807, 2.05) is 6.92 Å². The molecule has 4 heteroatoms. The highest BCUT2D eigenvalue weighted by Gasteiger charge is 2.30. The van der Waals surface area contributed by atoms with Crippen LogP contribution in [-0.2, 0) is 9.53 Å². The second-order valence-corrected chi connectivity index (χ2v) is 5.85. The fourth-order valence-electron chi connectivity index (χ4n) is 2.77. The van der Waals surface area contributed by atoms with Crippen molar-refractivity contribution in [3.8, 4) is 0 Å².